The number of rotatable bonds is 7. The van der Waals surface area contributed by atoms with Gasteiger partial charge in [0.15, 0.2) is 0 Å². The first-order chi connectivity index (χ1) is 14.8. The zero-order chi connectivity index (χ0) is 22.2. The average molecular weight is 422 g/mol. The third-order valence-corrected chi connectivity index (χ3v) is 5.49. The minimum atomic E-state index is -1.87. The minimum absolute atomic E-state index is 0.174. The fraction of sp³-hybridized carbons (Fsp3) is 0.227. The summed E-state index contributed by atoms with van der Waals surface area (Å²) in [5.74, 6) is -2.79. The Bertz CT molecular complexity index is 1170. The molecule has 0 saturated carbocycles. The fourth-order valence-corrected chi connectivity index (χ4v) is 3.90. The van der Waals surface area contributed by atoms with Crippen LogP contribution in [0.5, 0.6) is 0 Å². The molecule has 0 bridgehead atoms. The van der Waals surface area contributed by atoms with Gasteiger partial charge in [-0.15, -0.1) is 0 Å². The second-order valence-corrected chi connectivity index (χ2v) is 7.57. The van der Waals surface area contributed by atoms with E-state index in [9.17, 15) is 19.5 Å². The molecule has 0 saturated heterocycles. The normalized spacial score (nSPS) is 19.5. The van der Waals surface area contributed by atoms with Crippen LogP contribution in [0, 0.1) is 0 Å². The maximum atomic E-state index is 12.9. The summed E-state index contributed by atoms with van der Waals surface area (Å²) in [6.45, 7) is 0. The second-order valence-electron chi connectivity index (χ2n) is 7.57. The van der Waals surface area contributed by atoms with Gasteiger partial charge in [-0.3, -0.25) is 14.4 Å². The van der Waals surface area contributed by atoms with E-state index in [1.54, 1.807) is 30.5 Å². The summed E-state index contributed by atoms with van der Waals surface area (Å²) in [4.78, 5) is 40.3. The van der Waals surface area contributed by atoms with Crippen molar-refractivity contribution in [2.24, 2.45) is 11.5 Å². The van der Waals surface area contributed by atoms with Gasteiger partial charge in [-0.05, 0) is 17.7 Å². The molecule has 1 amide bonds. The summed E-state index contributed by atoms with van der Waals surface area (Å²) in [6.07, 6.45) is 1.52. The molecule has 2 aromatic carbocycles. The summed E-state index contributed by atoms with van der Waals surface area (Å²) in [5, 5.41) is 12.8. The second kappa shape index (κ2) is 7.86. The molecule has 0 spiro atoms. The summed E-state index contributed by atoms with van der Waals surface area (Å²) in [6, 6.07) is 11.7. The molecule has 9 nitrogen and oxygen atoms in total. The number of benzene rings is 2. The minimum Gasteiger partial charge on any atom is -0.480 e. The molecule has 3 atom stereocenters. The number of carbonyl (C=O) groups excluding carboxylic acids is 2. The number of hydrogen-bond donors (Lipinski definition) is 5. The predicted octanol–water partition coefficient (Wildman–Crippen LogP) is 1.23. The lowest BCUT2D eigenvalue weighted by molar-refractivity contribution is -0.170. The lowest BCUT2D eigenvalue weighted by atomic mass is 9.88. The predicted molar refractivity (Wildman–Crippen MR) is 113 cm³/mol. The number of aromatic nitrogens is 1. The number of carbonyl (C=O) groups is 3. The Labute approximate surface area is 177 Å². The van der Waals surface area contributed by atoms with Crippen LogP contribution >= 0.6 is 0 Å². The molecule has 0 fully saturated rings. The summed E-state index contributed by atoms with van der Waals surface area (Å²) >= 11 is 0. The van der Waals surface area contributed by atoms with Crippen LogP contribution in [0.3, 0.4) is 0 Å². The van der Waals surface area contributed by atoms with Gasteiger partial charge in [0.1, 0.15) is 12.1 Å². The van der Waals surface area contributed by atoms with E-state index in [1.807, 2.05) is 24.3 Å². The SMILES string of the molecule is N[C@@H](CC1(OC(=O)[C@@H](N)Cc2c[nH]c3ccccc23)C(=O)Nc2ccccc21)C(=O)O. The number of esters is 1. The molecule has 1 aliphatic rings. The van der Waals surface area contributed by atoms with Crippen LogP contribution in [-0.2, 0) is 31.1 Å². The van der Waals surface area contributed by atoms with Crippen LogP contribution in [-0.4, -0.2) is 40.0 Å². The quantitative estimate of drug-likeness (QED) is 0.358. The molecular weight excluding hydrogens is 400 g/mol. The fourth-order valence-electron chi connectivity index (χ4n) is 3.90. The number of fused-ring (bicyclic) bond motifs is 2. The molecule has 1 aliphatic heterocycles. The van der Waals surface area contributed by atoms with E-state index < -0.39 is 42.0 Å². The van der Waals surface area contributed by atoms with Crippen LogP contribution in [0.4, 0.5) is 5.69 Å². The molecule has 1 unspecified atom stereocenters. The molecule has 0 aliphatic carbocycles. The number of amides is 1. The summed E-state index contributed by atoms with van der Waals surface area (Å²) in [7, 11) is 0. The molecule has 160 valence electrons. The van der Waals surface area contributed by atoms with E-state index in [1.165, 1.54) is 0 Å². The number of carboxylic acid groups (broad SMARTS) is 1. The number of aromatic amines is 1. The van der Waals surface area contributed by atoms with Crippen molar-refractivity contribution in [3.05, 3.63) is 65.9 Å². The van der Waals surface area contributed by atoms with E-state index in [-0.39, 0.29) is 6.42 Å². The van der Waals surface area contributed by atoms with Gasteiger partial charge in [-0.25, -0.2) is 0 Å². The van der Waals surface area contributed by atoms with E-state index in [4.69, 9.17) is 16.2 Å². The maximum absolute atomic E-state index is 12.9. The zero-order valence-electron chi connectivity index (χ0n) is 16.5. The van der Waals surface area contributed by atoms with Gasteiger partial charge in [-0.1, -0.05) is 36.4 Å². The number of anilines is 1. The number of ether oxygens (including phenoxy) is 1. The number of para-hydroxylation sites is 2. The third kappa shape index (κ3) is 3.65. The zero-order valence-corrected chi connectivity index (χ0v) is 16.5. The molecule has 3 aromatic rings. The lowest BCUT2D eigenvalue weighted by Crippen LogP contribution is -2.49. The Morgan fingerprint density at radius 1 is 1.06 bits per heavy atom. The summed E-state index contributed by atoms with van der Waals surface area (Å²) in [5.41, 5.74) is 12.5. The average Bonchev–Trinajstić information content (AvgIpc) is 3.27. The number of hydrogen-bond acceptors (Lipinski definition) is 6. The first-order valence-corrected chi connectivity index (χ1v) is 9.74. The van der Waals surface area contributed by atoms with Crippen molar-refractivity contribution >= 4 is 34.4 Å². The number of aliphatic carboxylic acids is 1. The highest BCUT2D eigenvalue weighted by atomic mass is 16.6. The Kier molecular flexibility index (Phi) is 5.22. The van der Waals surface area contributed by atoms with Crippen LogP contribution in [0.25, 0.3) is 10.9 Å². The highest BCUT2D eigenvalue weighted by Crippen LogP contribution is 2.42. The first-order valence-electron chi connectivity index (χ1n) is 9.74. The Morgan fingerprint density at radius 3 is 2.55 bits per heavy atom. The lowest BCUT2D eigenvalue weighted by Gasteiger charge is -2.30. The highest BCUT2D eigenvalue weighted by Gasteiger charge is 2.52. The molecule has 0 radical (unpaired) electrons. The van der Waals surface area contributed by atoms with Crippen LogP contribution in [0.2, 0.25) is 0 Å². The topological polar surface area (TPSA) is 161 Å². The van der Waals surface area contributed by atoms with Crippen molar-refractivity contribution in [1.82, 2.24) is 4.98 Å². The van der Waals surface area contributed by atoms with Crippen molar-refractivity contribution in [1.29, 1.82) is 0 Å². The molecule has 2 heterocycles. The van der Waals surface area contributed by atoms with Gasteiger partial charge >= 0.3 is 11.9 Å². The van der Waals surface area contributed by atoms with E-state index in [0.29, 0.717) is 11.3 Å². The Balaban J connectivity index is 1.62. The molecule has 1 aromatic heterocycles. The molecule has 9 heteroatoms. The Morgan fingerprint density at radius 2 is 1.77 bits per heavy atom. The molecular formula is C22H22N4O5. The van der Waals surface area contributed by atoms with Gasteiger partial charge in [0.25, 0.3) is 5.91 Å². The van der Waals surface area contributed by atoms with Crippen LogP contribution in [0.15, 0.2) is 54.7 Å². The smallest absolute Gasteiger partial charge is 0.324 e. The van der Waals surface area contributed by atoms with Crippen LogP contribution < -0.4 is 16.8 Å². The van der Waals surface area contributed by atoms with E-state index >= 15 is 0 Å². The maximum Gasteiger partial charge on any atom is 0.324 e. The van der Waals surface area contributed by atoms with Gasteiger partial charge in [0, 0.05) is 41.2 Å². The molecule has 7 N–H and O–H groups in total. The third-order valence-electron chi connectivity index (χ3n) is 5.49. The molecule has 31 heavy (non-hydrogen) atoms. The largest absolute Gasteiger partial charge is 0.480 e. The van der Waals surface area contributed by atoms with E-state index in [2.05, 4.69) is 10.3 Å². The Hall–Kier alpha value is -3.69. The number of nitrogens with two attached hydrogens (primary N) is 2. The van der Waals surface area contributed by atoms with Crippen molar-refractivity contribution in [2.45, 2.75) is 30.5 Å². The monoisotopic (exact) mass is 422 g/mol. The first kappa shape index (κ1) is 20.6. The van der Waals surface area contributed by atoms with Gasteiger partial charge in [-0.2, -0.15) is 0 Å². The van der Waals surface area contributed by atoms with Gasteiger partial charge < -0.3 is 31.6 Å². The van der Waals surface area contributed by atoms with Gasteiger partial charge in [0.2, 0.25) is 5.60 Å². The highest BCUT2D eigenvalue weighted by molar-refractivity contribution is 6.06. The number of H-pyrrole nitrogens is 1. The number of carboxylic acids is 1. The summed E-state index contributed by atoms with van der Waals surface area (Å²) < 4.78 is 5.65. The standard InChI is InChI=1S/C22H22N4O5/c23-15(9-12-11-25-17-7-3-1-5-13(12)17)20(29)31-22(10-16(24)19(27)28)14-6-2-4-8-18(14)26-21(22)30/h1-8,11,15-16,25H,9-10,23-24H2,(H,26,30)(H,27,28)/t15-,16-,22?/m0/s1. The van der Waals surface area contributed by atoms with Gasteiger partial charge in [0.05, 0.1) is 0 Å². The van der Waals surface area contributed by atoms with E-state index in [0.717, 1.165) is 16.5 Å². The number of nitrogens with one attached hydrogen (secondary N) is 2. The van der Waals surface area contributed by atoms with Crippen molar-refractivity contribution < 1.29 is 24.2 Å². The van der Waals surface area contributed by atoms with Crippen molar-refractivity contribution in [3.8, 4) is 0 Å². The molecule has 4 rings (SSSR count). The van der Waals surface area contributed by atoms with Crippen molar-refractivity contribution in [2.75, 3.05) is 5.32 Å². The van der Waals surface area contributed by atoms with Crippen LogP contribution in [0.1, 0.15) is 17.5 Å². The van der Waals surface area contributed by atoms with Crippen molar-refractivity contribution in [3.63, 3.8) is 0 Å².